The van der Waals surface area contributed by atoms with Crippen LogP contribution in [0.15, 0.2) is 18.3 Å². The number of nitrogens with zero attached hydrogens (tertiary/aromatic N) is 3. The summed E-state index contributed by atoms with van der Waals surface area (Å²) in [5.74, 6) is 0.847. The van der Waals surface area contributed by atoms with Crippen LogP contribution >= 0.6 is 23.2 Å². The fourth-order valence-electron chi connectivity index (χ4n) is 2.73. The van der Waals surface area contributed by atoms with Crippen molar-refractivity contribution in [1.82, 2.24) is 9.97 Å². The molecule has 1 fully saturated rings. The van der Waals surface area contributed by atoms with Gasteiger partial charge in [-0.3, -0.25) is 0 Å². The van der Waals surface area contributed by atoms with Crippen LogP contribution in [0.25, 0.3) is 11.1 Å². The largest absolute Gasteiger partial charge is 0.508 e. The number of aromatic hydroxyl groups is 1. The van der Waals surface area contributed by atoms with E-state index in [0.29, 0.717) is 22.1 Å². The zero-order valence-electron chi connectivity index (χ0n) is 13.3. The zero-order chi connectivity index (χ0) is 17.5. The smallest absolute Gasteiger partial charge is 0.227 e. The normalized spacial score (nSPS) is 17.1. The molecule has 0 atom stereocenters. The molecule has 2 aromatic rings. The number of phenolic OH excluding ortho intramolecular Hbond substituents is 1. The van der Waals surface area contributed by atoms with E-state index in [1.165, 1.54) is 12.1 Å². The lowest BCUT2D eigenvalue weighted by Gasteiger charge is -2.36. The third-order valence-corrected chi connectivity index (χ3v) is 5.10. The Morgan fingerprint density at radius 2 is 1.88 bits per heavy atom. The highest BCUT2D eigenvalue weighted by atomic mass is 35.5. The molecule has 8 heteroatoms. The van der Waals surface area contributed by atoms with Crippen molar-refractivity contribution in [2.24, 2.45) is 5.73 Å². The Kier molecular flexibility index (Phi) is 4.46. The molecular formula is C16H19Cl2N5O. The maximum absolute atomic E-state index is 9.73. The Labute approximate surface area is 150 Å². The molecule has 0 spiro atoms. The van der Waals surface area contributed by atoms with E-state index in [4.69, 9.17) is 34.7 Å². The highest BCUT2D eigenvalue weighted by Gasteiger charge is 2.27. The minimum atomic E-state index is -0.145. The zero-order valence-corrected chi connectivity index (χ0v) is 14.8. The van der Waals surface area contributed by atoms with Gasteiger partial charge in [-0.25, -0.2) is 4.98 Å². The average Bonchev–Trinajstić information content (AvgIpc) is 2.51. The Hall–Kier alpha value is -1.76. The summed E-state index contributed by atoms with van der Waals surface area (Å²) in [6, 6.07) is 2.86. The van der Waals surface area contributed by atoms with Gasteiger partial charge in [0, 0.05) is 42.0 Å². The molecule has 2 heterocycles. The van der Waals surface area contributed by atoms with E-state index < -0.39 is 0 Å². The van der Waals surface area contributed by atoms with Gasteiger partial charge >= 0.3 is 0 Å². The van der Waals surface area contributed by atoms with Crippen LogP contribution in [-0.4, -0.2) is 33.7 Å². The van der Waals surface area contributed by atoms with Gasteiger partial charge in [-0.2, -0.15) is 4.98 Å². The molecule has 1 saturated heterocycles. The Bertz CT molecular complexity index is 771. The van der Waals surface area contributed by atoms with Gasteiger partial charge in [0.25, 0.3) is 0 Å². The van der Waals surface area contributed by atoms with Crippen LogP contribution < -0.4 is 16.4 Å². The molecule has 1 aromatic carbocycles. The highest BCUT2D eigenvalue weighted by Crippen LogP contribution is 2.39. The summed E-state index contributed by atoms with van der Waals surface area (Å²) < 4.78 is 0. The molecule has 3 rings (SSSR count). The summed E-state index contributed by atoms with van der Waals surface area (Å²) in [5, 5.41) is 10.3. The molecule has 0 saturated carbocycles. The quantitative estimate of drug-likeness (QED) is 0.753. The van der Waals surface area contributed by atoms with Gasteiger partial charge in [0.05, 0.1) is 10.0 Å². The van der Waals surface area contributed by atoms with E-state index >= 15 is 0 Å². The monoisotopic (exact) mass is 367 g/mol. The van der Waals surface area contributed by atoms with E-state index in [9.17, 15) is 5.11 Å². The van der Waals surface area contributed by atoms with Crippen LogP contribution in [0.4, 0.5) is 11.8 Å². The summed E-state index contributed by atoms with van der Waals surface area (Å²) in [4.78, 5) is 10.8. The lowest BCUT2D eigenvalue weighted by atomic mass is 9.91. The molecule has 1 aromatic heterocycles. The number of nitrogen functional groups attached to an aromatic ring is 1. The molecule has 6 nitrogen and oxygen atoms in total. The van der Waals surface area contributed by atoms with Crippen molar-refractivity contribution >= 4 is 35.0 Å². The topological polar surface area (TPSA) is 101 Å². The molecule has 1 aliphatic rings. The predicted octanol–water partition coefficient (Wildman–Crippen LogP) is 3.06. The molecular weight excluding hydrogens is 349 g/mol. The summed E-state index contributed by atoms with van der Waals surface area (Å²) in [7, 11) is 0. The van der Waals surface area contributed by atoms with Crippen LogP contribution in [0, 0.1) is 0 Å². The van der Waals surface area contributed by atoms with Crippen LogP contribution in [0.5, 0.6) is 5.75 Å². The number of benzene rings is 1. The number of anilines is 2. The van der Waals surface area contributed by atoms with Crippen LogP contribution in [0.3, 0.4) is 0 Å². The number of halogens is 2. The van der Waals surface area contributed by atoms with Crippen molar-refractivity contribution < 1.29 is 5.11 Å². The first-order valence-electron chi connectivity index (χ1n) is 7.61. The maximum atomic E-state index is 9.73. The number of nitrogens with two attached hydrogens (primary N) is 2. The molecule has 128 valence electrons. The standard InChI is InChI=1S/C16H19Cl2N5O/c1-16(20)2-4-23(5-3-16)15-21-8-11(14(19)22-15)10-6-9(24)7-12(17)13(10)18/h6-8,24H,2-5,20H2,1H3,(H2,19,21,22). The second kappa shape index (κ2) is 6.27. The van der Waals surface area contributed by atoms with Crippen LogP contribution in [0.1, 0.15) is 19.8 Å². The predicted molar refractivity (Wildman–Crippen MR) is 97.6 cm³/mol. The van der Waals surface area contributed by atoms with Gasteiger partial charge in [0.1, 0.15) is 11.6 Å². The van der Waals surface area contributed by atoms with Crippen molar-refractivity contribution in [1.29, 1.82) is 0 Å². The van der Waals surface area contributed by atoms with E-state index in [0.717, 1.165) is 25.9 Å². The first-order valence-corrected chi connectivity index (χ1v) is 8.37. The summed E-state index contributed by atoms with van der Waals surface area (Å²) >= 11 is 12.2. The SMILES string of the molecule is CC1(N)CCN(c2ncc(-c3cc(O)cc(Cl)c3Cl)c(N)n2)CC1. The van der Waals surface area contributed by atoms with Crippen molar-refractivity contribution in [3.63, 3.8) is 0 Å². The number of hydrogen-bond acceptors (Lipinski definition) is 6. The second-order valence-corrected chi connectivity index (χ2v) is 7.18. The number of aromatic nitrogens is 2. The van der Waals surface area contributed by atoms with Gasteiger partial charge < -0.3 is 21.5 Å². The number of phenols is 1. The Balaban J connectivity index is 1.91. The van der Waals surface area contributed by atoms with Crippen LogP contribution in [-0.2, 0) is 0 Å². The van der Waals surface area contributed by atoms with Gasteiger partial charge in [0.15, 0.2) is 0 Å². The summed E-state index contributed by atoms with van der Waals surface area (Å²) in [6.07, 6.45) is 3.34. The van der Waals surface area contributed by atoms with E-state index in [-0.39, 0.29) is 22.1 Å². The molecule has 0 amide bonds. The third-order valence-electron chi connectivity index (χ3n) is 4.30. The van der Waals surface area contributed by atoms with E-state index in [1.807, 2.05) is 0 Å². The molecule has 5 N–H and O–H groups in total. The minimum absolute atomic E-state index is 0.00105. The second-order valence-electron chi connectivity index (χ2n) is 6.40. The molecule has 0 aliphatic carbocycles. The summed E-state index contributed by atoms with van der Waals surface area (Å²) in [5.41, 5.74) is 13.1. The van der Waals surface area contributed by atoms with Gasteiger partial charge in [0.2, 0.25) is 5.95 Å². The first-order chi connectivity index (χ1) is 11.3. The Morgan fingerprint density at radius 3 is 2.50 bits per heavy atom. The van der Waals surface area contributed by atoms with Crippen molar-refractivity contribution in [2.45, 2.75) is 25.3 Å². The van der Waals surface area contributed by atoms with Gasteiger partial charge in [-0.05, 0) is 25.8 Å². The summed E-state index contributed by atoms with van der Waals surface area (Å²) in [6.45, 7) is 3.62. The van der Waals surface area contributed by atoms with E-state index in [1.54, 1.807) is 6.20 Å². The molecule has 1 aliphatic heterocycles. The fourth-order valence-corrected chi connectivity index (χ4v) is 3.16. The lowest BCUT2D eigenvalue weighted by Crippen LogP contribution is -2.48. The van der Waals surface area contributed by atoms with Gasteiger partial charge in [-0.1, -0.05) is 23.2 Å². The average molecular weight is 368 g/mol. The molecule has 0 radical (unpaired) electrons. The minimum Gasteiger partial charge on any atom is -0.508 e. The van der Waals surface area contributed by atoms with Crippen molar-refractivity contribution in [3.05, 3.63) is 28.4 Å². The first kappa shape index (κ1) is 17.1. The highest BCUT2D eigenvalue weighted by molar-refractivity contribution is 6.44. The van der Waals surface area contributed by atoms with Crippen molar-refractivity contribution in [3.8, 4) is 16.9 Å². The number of hydrogen-bond donors (Lipinski definition) is 3. The van der Waals surface area contributed by atoms with E-state index in [2.05, 4.69) is 21.8 Å². The van der Waals surface area contributed by atoms with Crippen LogP contribution in [0.2, 0.25) is 10.0 Å². The third kappa shape index (κ3) is 3.36. The molecule has 0 unspecified atom stereocenters. The Morgan fingerprint density at radius 1 is 1.21 bits per heavy atom. The van der Waals surface area contributed by atoms with Gasteiger partial charge in [-0.15, -0.1) is 0 Å². The molecule has 24 heavy (non-hydrogen) atoms. The van der Waals surface area contributed by atoms with Crippen molar-refractivity contribution in [2.75, 3.05) is 23.7 Å². The molecule has 0 bridgehead atoms. The number of piperidine rings is 1. The maximum Gasteiger partial charge on any atom is 0.227 e. The fraction of sp³-hybridized carbons (Fsp3) is 0.375. The number of rotatable bonds is 2. The lowest BCUT2D eigenvalue weighted by molar-refractivity contribution is 0.362.